The Labute approximate surface area is 77.1 Å². The lowest BCUT2D eigenvalue weighted by Gasteiger charge is -2.32. The van der Waals surface area contributed by atoms with Crippen LogP contribution in [0.25, 0.3) is 0 Å². The Morgan fingerprint density at radius 2 is 2.23 bits per heavy atom. The third-order valence-corrected chi connectivity index (χ3v) is 2.49. The Balaban J connectivity index is 2.40. The van der Waals surface area contributed by atoms with Gasteiger partial charge in [-0.3, -0.25) is 4.79 Å². The first kappa shape index (κ1) is 8.10. The summed E-state index contributed by atoms with van der Waals surface area (Å²) in [6.45, 7) is 2.76. The van der Waals surface area contributed by atoms with Crippen molar-refractivity contribution in [1.29, 1.82) is 0 Å². The molecule has 1 saturated heterocycles. The predicted molar refractivity (Wildman–Crippen MR) is 52.6 cm³/mol. The summed E-state index contributed by atoms with van der Waals surface area (Å²) in [6.07, 6.45) is 0.661. The SMILES string of the molecule is Cc1c(N)cccc1N1CCC1=O. The number of benzene rings is 1. The van der Waals surface area contributed by atoms with E-state index in [2.05, 4.69) is 0 Å². The zero-order valence-electron chi connectivity index (χ0n) is 7.58. The first-order chi connectivity index (χ1) is 6.20. The van der Waals surface area contributed by atoms with Gasteiger partial charge in [0.25, 0.3) is 0 Å². The normalized spacial score (nSPS) is 15.8. The van der Waals surface area contributed by atoms with E-state index in [4.69, 9.17) is 5.73 Å². The van der Waals surface area contributed by atoms with Gasteiger partial charge in [-0.15, -0.1) is 0 Å². The Morgan fingerprint density at radius 3 is 2.77 bits per heavy atom. The standard InChI is InChI=1S/C10H12N2O/c1-7-8(11)3-2-4-9(7)12-6-5-10(12)13/h2-4H,5-6,11H2,1H3. The number of nitrogens with zero attached hydrogens (tertiary/aromatic N) is 1. The number of rotatable bonds is 1. The Morgan fingerprint density at radius 1 is 1.46 bits per heavy atom. The third kappa shape index (κ3) is 1.16. The number of anilines is 2. The second-order valence-corrected chi connectivity index (χ2v) is 3.29. The summed E-state index contributed by atoms with van der Waals surface area (Å²) in [4.78, 5) is 12.9. The zero-order valence-corrected chi connectivity index (χ0v) is 7.58. The third-order valence-electron chi connectivity index (χ3n) is 2.49. The molecule has 1 fully saturated rings. The van der Waals surface area contributed by atoms with E-state index >= 15 is 0 Å². The molecular formula is C10H12N2O. The van der Waals surface area contributed by atoms with Crippen molar-refractivity contribution in [2.24, 2.45) is 0 Å². The number of hydrogen-bond acceptors (Lipinski definition) is 2. The summed E-state index contributed by atoms with van der Waals surface area (Å²) in [5.41, 5.74) is 8.44. The van der Waals surface area contributed by atoms with Crippen molar-refractivity contribution in [3.05, 3.63) is 23.8 Å². The topological polar surface area (TPSA) is 46.3 Å². The molecule has 13 heavy (non-hydrogen) atoms. The van der Waals surface area contributed by atoms with Crippen LogP contribution in [0.5, 0.6) is 0 Å². The fourth-order valence-electron chi connectivity index (χ4n) is 1.50. The highest BCUT2D eigenvalue weighted by Crippen LogP contribution is 2.28. The molecule has 68 valence electrons. The number of β-lactam (4-membered cyclic amide) rings is 1. The first-order valence-electron chi connectivity index (χ1n) is 4.35. The summed E-state index contributed by atoms with van der Waals surface area (Å²) in [6, 6.07) is 5.66. The minimum atomic E-state index is 0.189. The molecule has 0 aliphatic carbocycles. The van der Waals surface area contributed by atoms with Crippen LogP contribution >= 0.6 is 0 Å². The molecule has 1 aromatic rings. The fourth-order valence-corrected chi connectivity index (χ4v) is 1.50. The van der Waals surface area contributed by atoms with Crippen molar-refractivity contribution in [1.82, 2.24) is 0 Å². The zero-order chi connectivity index (χ0) is 9.42. The summed E-state index contributed by atoms with van der Waals surface area (Å²) in [7, 11) is 0. The lowest BCUT2D eigenvalue weighted by Crippen LogP contribution is -2.43. The number of carbonyl (C=O) groups is 1. The van der Waals surface area contributed by atoms with E-state index in [9.17, 15) is 4.79 Å². The maximum atomic E-state index is 11.2. The van der Waals surface area contributed by atoms with Crippen LogP contribution in [0.15, 0.2) is 18.2 Å². The molecule has 1 aliphatic heterocycles. The van der Waals surface area contributed by atoms with Crippen LogP contribution in [-0.4, -0.2) is 12.5 Å². The number of nitrogen functional groups attached to an aromatic ring is 1. The van der Waals surface area contributed by atoms with Gasteiger partial charge in [0.05, 0.1) is 0 Å². The molecular weight excluding hydrogens is 164 g/mol. The van der Waals surface area contributed by atoms with E-state index in [-0.39, 0.29) is 5.91 Å². The Bertz CT molecular complexity index is 360. The molecule has 3 nitrogen and oxygen atoms in total. The molecule has 0 spiro atoms. The number of amides is 1. The van der Waals surface area contributed by atoms with Gasteiger partial charge in [0.15, 0.2) is 0 Å². The lowest BCUT2D eigenvalue weighted by atomic mass is 10.1. The summed E-state index contributed by atoms with van der Waals surface area (Å²) >= 11 is 0. The van der Waals surface area contributed by atoms with Gasteiger partial charge in [0.2, 0.25) is 5.91 Å². The quantitative estimate of drug-likeness (QED) is 0.518. The molecule has 2 N–H and O–H groups in total. The Hall–Kier alpha value is -1.51. The van der Waals surface area contributed by atoms with Gasteiger partial charge >= 0.3 is 0 Å². The van der Waals surface area contributed by atoms with E-state index in [0.717, 1.165) is 23.5 Å². The first-order valence-corrected chi connectivity index (χ1v) is 4.35. The van der Waals surface area contributed by atoms with Gasteiger partial charge in [-0.05, 0) is 24.6 Å². The highest BCUT2D eigenvalue weighted by molar-refractivity contribution is 6.00. The molecule has 1 amide bonds. The smallest absolute Gasteiger partial charge is 0.228 e. The monoisotopic (exact) mass is 176 g/mol. The van der Waals surface area contributed by atoms with Crippen LogP contribution in [0.2, 0.25) is 0 Å². The summed E-state index contributed by atoms with van der Waals surface area (Å²) in [5.74, 6) is 0.189. The highest BCUT2D eigenvalue weighted by atomic mass is 16.2. The van der Waals surface area contributed by atoms with Crippen LogP contribution in [0.1, 0.15) is 12.0 Å². The maximum absolute atomic E-state index is 11.2. The molecule has 3 heteroatoms. The molecule has 0 radical (unpaired) electrons. The highest BCUT2D eigenvalue weighted by Gasteiger charge is 2.26. The molecule has 1 aromatic carbocycles. The Kier molecular flexibility index (Phi) is 1.72. The second kappa shape index (κ2) is 2.76. The summed E-state index contributed by atoms with van der Waals surface area (Å²) in [5, 5.41) is 0. The molecule has 0 aromatic heterocycles. The van der Waals surface area contributed by atoms with Crippen molar-refractivity contribution in [2.45, 2.75) is 13.3 Å². The minimum Gasteiger partial charge on any atom is -0.398 e. The minimum absolute atomic E-state index is 0.189. The van der Waals surface area contributed by atoms with Gasteiger partial charge in [-0.2, -0.15) is 0 Å². The molecule has 1 aliphatic rings. The van der Waals surface area contributed by atoms with E-state index in [0.29, 0.717) is 6.42 Å². The number of hydrogen-bond donors (Lipinski definition) is 1. The molecule has 0 saturated carbocycles. The molecule has 0 bridgehead atoms. The maximum Gasteiger partial charge on any atom is 0.228 e. The summed E-state index contributed by atoms with van der Waals surface area (Å²) < 4.78 is 0. The van der Waals surface area contributed by atoms with E-state index in [1.54, 1.807) is 4.90 Å². The van der Waals surface area contributed by atoms with Crippen LogP contribution in [0.3, 0.4) is 0 Å². The van der Waals surface area contributed by atoms with Gasteiger partial charge in [-0.1, -0.05) is 6.07 Å². The van der Waals surface area contributed by atoms with Gasteiger partial charge in [-0.25, -0.2) is 0 Å². The van der Waals surface area contributed by atoms with E-state index < -0.39 is 0 Å². The average Bonchev–Trinajstić information content (AvgIpc) is 2.10. The van der Waals surface area contributed by atoms with E-state index in [1.165, 1.54) is 0 Å². The van der Waals surface area contributed by atoms with Crippen LogP contribution < -0.4 is 10.6 Å². The lowest BCUT2D eigenvalue weighted by molar-refractivity contribution is -0.122. The van der Waals surface area contributed by atoms with Gasteiger partial charge in [0, 0.05) is 24.3 Å². The van der Waals surface area contributed by atoms with Crippen molar-refractivity contribution in [2.75, 3.05) is 17.2 Å². The van der Waals surface area contributed by atoms with Crippen LogP contribution in [-0.2, 0) is 4.79 Å². The molecule has 0 atom stereocenters. The van der Waals surface area contributed by atoms with Crippen molar-refractivity contribution < 1.29 is 4.79 Å². The number of carbonyl (C=O) groups excluding carboxylic acids is 1. The number of nitrogens with two attached hydrogens (primary N) is 1. The van der Waals surface area contributed by atoms with Crippen LogP contribution in [0.4, 0.5) is 11.4 Å². The second-order valence-electron chi connectivity index (χ2n) is 3.29. The molecule has 2 rings (SSSR count). The van der Waals surface area contributed by atoms with Gasteiger partial charge in [0.1, 0.15) is 0 Å². The molecule has 1 heterocycles. The van der Waals surface area contributed by atoms with Crippen molar-refractivity contribution in [3.8, 4) is 0 Å². The van der Waals surface area contributed by atoms with Crippen LogP contribution in [0, 0.1) is 6.92 Å². The molecule has 0 unspecified atom stereocenters. The van der Waals surface area contributed by atoms with Crippen molar-refractivity contribution in [3.63, 3.8) is 0 Å². The average molecular weight is 176 g/mol. The van der Waals surface area contributed by atoms with Gasteiger partial charge < -0.3 is 10.6 Å². The van der Waals surface area contributed by atoms with E-state index in [1.807, 2.05) is 25.1 Å². The fraction of sp³-hybridized carbons (Fsp3) is 0.300. The van der Waals surface area contributed by atoms with Crippen molar-refractivity contribution >= 4 is 17.3 Å². The largest absolute Gasteiger partial charge is 0.398 e. The predicted octanol–water partition coefficient (Wildman–Crippen LogP) is 1.31.